The molecule has 0 unspecified atom stereocenters. The average molecular weight is 345 g/mol. The molecule has 0 saturated heterocycles. The Kier molecular flexibility index (Phi) is 6.75. The van der Waals surface area contributed by atoms with E-state index in [9.17, 15) is 8.42 Å². The predicted molar refractivity (Wildman–Crippen MR) is 86.0 cm³/mol. The van der Waals surface area contributed by atoms with Crippen molar-refractivity contribution in [2.75, 3.05) is 6.54 Å². The number of halogens is 1. The molecular weight excluding hydrogens is 324 g/mol. The summed E-state index contributed by atoms with van der Waals surface area (Å²) in [6.07, 6.45) is 7.36. The summed E-state index contributed by atoms with van der Waals surface area (Å²) in [6.45, 7) is 0.190. The lowest BCUT2D eigenvalue weighted by molar-refractivity contribution is 0.369. The summed E-state index contributed by atoms with van der Waals surface area (Å²) < 4.78 is 27.2. The second-order valence-electron chi connectivity index (χ2n) is 5.56. The molecule has 1 aromatic heterocycles. The summed E-state index contributed by atoms with van der Waals surface area (Å²) in [5, 5.41) is 8.96. The molecule has 0 aromatic carbocycles. The Hall–Kier alpha value is -1.20. The number of hydrogen-bond donors (Lipinski definition) is 2. The Morgan fingerprint density at radius 1 is 1.32 bits per heavy atom. The molecule has 1 aromatic rings. The standard InChI is InChI=1S/C14H20N4O2S.ClH/c15-10-12-13(6-5-9-17-12)21(19,20)18-11-14(16)7-3-1-2-4-8-14;/h5-6,9,18H,1-4,7-8,11,16H2;1H. The Morgan fingerprint density at radius 3 is 2.55 bits per heavy atom. The molecule has 1 aliphatic rings. The van der Waals surface area contributed by atoms with Gasteiger partial charge in [-0.15, -0.1) is 12.4 Å². The average Bonchev–Trinajstić information content (AvgIpc) is 2.71. The molecule has 0 radical (unpaired) electrons. The molecule has 0 aliphatic heterocycles. The molecule has 0 bridgehead atoms. The van der Waals surface area contributed by atoms with E-state index in [4.69, 9.17) is 11.0 Å². The molecule has 0 atom stereocenters. The Balaban J connectivity index is 0.00000242. The zero-order chi connectivity index (χ0) is 15.3. The van der Waals surface area contributed by atoms with Gasteiger partial charge in [0.05, 0.1) is 0 Å². The van der Waals surface area contributed by atoms with Crippen LogP contribution in [0.2, 0.25) is 0 Å². The van der Waals surface area contributed by atoms with E-state index in [1.165, 1.54) is 18.3 Å². The van der Waals surface area contributed by atoms with E-state index in [1.54, 1.807) is 6.07 Å². The fourth-order valence-corrected chi connectivity index (χ4v) is 3.86. The third kappa shape index (κ3) is 4.65. The number of rotatable bonds is 4. The van der Waals surface area contributed by atoms with Crippen LogP contribution in [-0.4, -0.2) is 25.5 Å². The summed E-state index contributed by atoms with van der Waals surface area (Å²) in [7, 11) is -3.77. The Morgan fingerprint density at radius 2 is 1.95 bits per heavy atom. The maximum atomic E-state index is 12.3. The van der Waals surface area contributed by atoms with Crippen molar-refractivity contribution in [3.05, 3.63) is 24.0 Å². The highest BCUT2D eigenvalue weighted by Crippen LogP contribution is 2.25. The number of sulfonamides is 1. The van der Waals surface area contributed by atoms with Crippen molar-refractivity contribution in [1.29, 1.82) is 5.26 Å². The maximum absolute atomic E-state index is 12.3. The zero-order valence-electron chi connectivity index (χ0n) is 12.3. The number of nitrogens with two attached hydrogens (primary N) is 1. The van der Waals surface area contributed by atoms with Gasteiger partial charge in [-0.25, -0.2) is 18.1 Å². The normalized spacial score (nSPS) is 17.8. The van der Waals surface area contributed by atoms with Crippen LogP contribution in [0.5, 0.6) is 0 Å². The van der Waals surface area contributed by atoms with Crippen LogP contribution in [-0.2, 0) is 10.0 Å². The van der Waals surface area contributed by atoms with Crippen LogP contribution in [0.3, 0.4) is 0 Å². The van der Waals surface area contributed by atoms with Gasteiger partial charge in [0.2, 0.25) is 10.0 Å². The Labute approximate surface area is 137 Å². The van der Waals surface area contributed by atoms with Crippen molar-refractivity contribution >= 4 is 22.4 Å². The smallest absolute Gasteiger partial charge is 0.243 e. The minimum atomic E-state index is -3.77. The van der Waals surface area contributed by atoms with Gasteiger partial charge in [-0.2, -0.15) is 5.26 Å². The SMILES string of the molecule is Cl.N#Cc1ncccc1S(=O)(=O)NCC1(N)CCCCCC1. The van der Waals surface area contributed by atoms with Crippen molar-refractivity contribution in [3.8, 4) is 6.07 Å². The molecule has 1 saturated carbocycles. The molecule has 3 N–H and O–H groups in total. The minimum Gasteiger partial charge on any atom is -0.324 e. The van der Waals surface area contributed by atoms with Crippen LogP contribution >= 0.6 is 12.4 Å². The van der Waals surface area contributed by atoms with Crippen LogP contribution in [0.4, 0.5) is 0 Å². The molecule has 0 amide bonds. The van der Waals surface area contributed by atoms with Gasteiger partial charge in [-0.05, 0) is 25.0 Å². The highest BCUT2D eigenvalue weighted by Gasteiger charge is 2.29. The molecule has 22 heavy (non-hydrogen) atoms. The molecule has 122 valence electrons. The number of nitrogens with zero attached hydrogens (tertiary/aromatic N) is 2. The Bertz CT molecular complexity index is 634. The topological polar surface area (TPSA) is 109 Å². The highest BCUT2D eigenvalue weighted by molar-refractivity contribution is 7.89. The zero-order valence-corrected chi connectivity index (χ0v) is 13.9. The van der Waals surface area contributed by atoms with Crippen LogP contribution in [0.1, 0.15) is 44.2 Å². The fourth-order valence-electron chi connectivity index (χ4n) is 2.62. The van der Waals surface area contributed by atoms with Gasteiger partial charge in [0, 0.05) is 18.3 Å². The number of hydrogen-bond acceptors (Lipinski definition) is 5. The van der Waals surface area contributed by atoms with Crippen LogP contribution in [0.15, 0.2) is 23.2 Å². The maximum Gasteiger partial charge on any atom is 0.243 e. The van der Waals surface area contributed by atoms with Crippen molar-refractivity contribution < 1.29 is 8.42 Å². The van der Waals surface area contributed by atoms with E-state index in [0.717, 1.165) is 38.5 Å². The lowest BCUT2D eigenvalue weighted by Crippen LogP contribution is -2.49. The lowest BCUT2D eigenvalue weighted by atomic mass is 9.92. The summed E-state index contributed by atoms with van der Waals surface area (Å²) in [5.74, 6) is 0. The fraction of sp³-hybridized carbons (Fsp3) is 0.571. The predicted octanol–water partition coefficient (Wildman–Crippen LogP) is 1.71. The molecule has 8 heteroatoms. The molecule has 6 nitrogen and oxygen atoms in total. The number of pyridine rings is 1. The van der Waals surface area contributed by atoms with E-state index in [1.807, 2.05) is 0 Å². The summed E-state index contributed by atoms with van der Waals surface area (Å²) >= 11 is 0. The van der Waals surface area contributed by atoms with Crippen LogP contribution < -0.4 is 10.5 Å². The van der Waals surface area contributed by atoms with E-state index < -0.39 is 15.6 Å². The molecular formula is C14H21ClN4O2S. The van der Waals surface area contributed by atoms with Crippen molar-refractivity contribution in [3.63, 3.8) is 0 Å². The summed E-state index contributed by atoms with van der Waals surface area (Å²) in [5.41, 5.74) is 5.71. The first-order valence-electron chi connectivity index (χ1n) is 7.11. The first kappa shape index (κ1) is 18.8. The van der Waals surface area contributed by atoms with Gasteiger partial charge in [-0.3, -0.25) is 0 Å². The van der Waals surface area contributed by atoms with E-state index >= 15 is 0 Å². The first-order valence-corrected chi connectivity index (χ1v) is 8.59. The van der Waals surface area contributed by atoms with Crippen molar-refractivity contribution in [2.45, 2.75) is 49.0 Å². The summed E-state index contributed by atoms with van der Waals surface area (Å²) in [6, 6.07) is 4.68. The van der Waals surface area contributed by atoms with Crippen molar-refractivity contribution in [2.24, 2.45) is 5.73 Å². The highest BCUT2D eigenvalue weighted by atomic mass is 35.5. The second kappa shape index (κ2) is 7.88. The number of aromatic nitrogens is 1. The van der Waals surface area contributed by atoms with E-state index in [-0.39, 0.29) is 29.5 Å². The number of nitriles is 1. The lowest BCUT2D eigenvalue weighted by Gasteiger charge is -2.28. The van der Waals surface area contributed by atoms with Gasteiger partial charge in [0.25, 0.3) is 0 Å². The second-order valence-corrected chi connectivity index (χ2v) is 7.30. The van der Waals surface area contributed by atoms with E-state index in [0.29, 0.717) is 0 Å². The third-order valence-corrected chi connectivity index (χ3v) is 5.31. The minimum absolute atomic E-state index is 0. The molecule has 2 rings (SSSR count). The largest absolute Gasteiger partial charge is 0.324 e. The molecule has 1 fully saturated rings. The van der Waals surface area contributed by atoms with Gasteiger partial charge in [-0.1, -0.05) is 25.7 Å². The van der Waals surface area contributed by atoms with Crippen LogP contribution in [0, 0.1) is 11.3 Å². The quantitative estimate of drug-likeness (QED) is 0.808. The third-order valence-electron chi connectivity index (χ3n) is 3.88. The van der Waals surface area contributed by atoms with Gasteiger partial charge in [0.1, 0.15) is 11.0 Å². The van der Waals surface area contributed by atoms with Gasteiger partial charge in [0.15, 0.2) is 5.69 Å². The first-order chi connectivity index (χ1) is 9.97. The molecule has 1 aliphatic carbocycles. The van der Waals surface area contributed by atoms with Gasteiger partial charge < -0.3 is 5.73 Å². The monoisotopic (exact) mass is 344 g/mol. The van der Waals surface area contributed by atoms with E-state index in [2.05, 4.69) is 9.71 Å². The number of nitrogens with one attached hydrogen (secondary N) is 1. The molecule has 1 heterocycles. The van der Waals surface area contributed by atoms with Crippen LogP contribution in [0.25, 0.3) is 0 Å². The van der Waals surface area contributed by atoms with Crippen molar-refractivity contribution in [1.82, 2.24) is 9.71 Å². The van der Waals surface area contributed by atoms with Gasteiger partial charge >= 0.3 is 0 Å². The molecule has 0 spiro atoms. The summed E-state index contributed by atoms with van der Waals surface area (Å²) in [4.78, 5) is 3.69.